The van der Waals surface area contributed by atoms with E-state index in [-0.39, 0.29) is 6.04 Å². The number of likely N-dealkylation sites (N-methyl/N-ethyl adjacent to an activating group) is 1. The molecule has 3 N–H and O–H groups in total. The van der Waals surface area contributed by atoms with Gasteiger partial charge in [0.1, 0.15) is 0 Å². The predicted molar refractivity (Wildman–Crippen MR) is 88.1 cm³/mol. The van der Waals surface area contributed by atoms with Crippen LogP contribution in [-0.4, -0.2) is 12.0 Å². The normalized spacial score (nSPS) is 12.4. The van der Waals surface area contributed by atoms with Crippen molar-refractivity contribution >= 4 is 16.5 Å². The Labute approximate surface area is 124 Å². The molecule has 0 aliphatic rings. The monoisotopic (exact) mass is 277 g/mol. The minimum atomic E-state index is 0.211. The summed E-state index contributed by atoms with van der Waals surface area (Å²) in [5, 5.41) is 5.94. The summed E-state index contributed by atoms with van der Waals surface area (Å²) in [4.78, 5) is 4.18. The summed E-state index contributed by atoms with van der Waals surface area (Å²) in [5.41, 5.74) is 9.21. The first kappa shape index (κ1) is 13.6. The van der Waals surface area contributed by atoms with E-state index in [1.165, 1.54) is 16.3 Å². The molecule has 0 bridgehead atoms. The number of pyridine rings is 1. The Hall–Kier alpha value is -2.39. The van der Waals surface area contributed by atoms with Gasteiger partial charge in [0.15, 0.2) is 0 Å². The number of fused-ring (bicyclic) bond motifs is 1. The smallest absolute Gasteiger partial charge is 0.0378 e. The van der Waals surface area contributed by atoms with Crippen molar-refractivity contribution in [2.45, 2.75) is 12.5 Å². The van der Waals surface area contributed by atoms with Crippen molar-refractivity contribution in [3.8, 4) is 0 Å². The topological polar surface area (TPSA) is 50.9 Å². The Morgan fingerprint density at radius 3 is 2.71 bits per heavy atom. The maximum Gasteiger partial charge on any atom is 0.0378 e. The third kappa shape index (κ3) is 2.73. The van der Waals surface area contributed by atoms with E-state index in [2.05, 4.69) is 52.8 Å². The first-order valence-electron chi connectivity index (χ1n) is 7.13. The number of nitrogens with zero attached hydrogens (tertiary/aromatic N) is 1. The van der Waals surface area contributed by atoms with Crippen molar-refractivity contribution in [2.24, 2.45) is 0 Å². The van der Waals surface area contributed by atoms with Gasteiger partial charge in [-0.3, -0.25) is 4.98 Å². The van der Waals surface area contributed by atoms with Gasteiger partial charge in [-0.05, 0) is 41.4 Å². The van der Waals surface area contributed by atoms with E-state index in [4.69, 9.17) is 5.73 Å². The summed E-state index contributed by atoms with van der Waals surface area (Å²) in [6, 6.07) is 16.9. The first-order chi connectivity index (χ1) is 10.3. The van der Waals surface area contributed by atoms with Gasteiger partial charge in [-0.1, -0.05) is 42.5 Å². The highest BCUT2D eigenvalue weighted by Gasteiger charge is 2.14. The zero-order chi connectivity index (χ0) is 14.7. The summed E-state index contributed by atoms with van der Waals surface area (Å²) in [7, 11) is 1.99. The molecule has 1 atom stereocenters. The lowest BCUT2D eigenvalue weighted by Gasteiger charge is -2.19. The van der Waals surface area contributed by atoms with Crippen molar-refractivity contribution in [1.29, 1.82) is 0 Å². The highest BCUT2D eigenvalue weighted by atomic mass is 14.9. The number of nitrogens with two attached hydrogens (primary N) is 1. The third-order valence-corrected chi connectivity index (χ3v) is 3.91. The molecule has 0 aliphatic carbocycles. The molecule has 0 fully saturated rings. The molecule has 1 unspecified atom stereocenters. The van der Waals surface area contributed by atoms with Crippen LogP contribution in [0.1, 0.15) is 17.2 Å². The van der Waals surface area contributed by atoms with E-state index in [9.17, 15) is 0 Å². The van der Waals surface area contributed by atoms with Gasteiger partial charge in [0.05, 0.1) is 0 Å². The van der Waals surface area contributed by atoms with Crippen LogP contribution in [0, 0.1) is 0 Å². The number of nitrogens with one attached hydrogen (secondary N) is 1. The van der Waals surface area contributed by atoms with Crippen molar-refractivity contribution in [1.82, 2.24) is 10.3 Å². The molecular formula is C18H19N3. The number of nitrogen functional groups attached to an aromatic ring is 1. The van der Waals surface area contributed by atoms with Gasteiger partial charge in [0.2, 0.25) is 0 Å². The quantitative estimate of drug-likeness (QED) is 0.769. The number of rotatable bonds is 4. The molecule has 106 valence electrons. The average molecular weight is 277 g/mol. The highest BCUT2D eigenvalue weighted by molar-refractivity contribution is 5.86. The Morgan fingerprint density at radius 2 is 1.90 bits per heavy atom. The lowest BCUT2D eigenvalue weighted by Crippen LogP contribution is -2.19. The Kier molecular flexibility index (Phi) is 3.84. The first-order valence-corrected chi connectivity index (χ1v) is 7.13. The fraction of sp³-hybridized carbons (Fsp3) is 0.167. The van der Waals surface area contributed by atoms with Gasteiger partial charge in [0, 0.05) is 24.1 Å². The second-order valence-corrected chi connectivity index (χ2v) is 5.19. The molecule has 1 heterocycles. The molecule has 1 aromatic heterocycles. The molecule has 3 heteroatoms. The van der Waals surface area contributed by atoms with Crippen LogP contribution in [-0.2, 0) is 6.42 Å². The second-order valence-electron chi connectivity index (χ2n) is 5.19. The molecule has 2 aromatic carbocycles. The zero-order valence-corrected chi connectivity index (χ0v) is 12.1. The number of hydrogen-bond acceptors (Lipinski definition) is 3. The van der Waals surface area contributed by atoms with Crippen molar-refractivity contribution < 1.29 is 0 Å². The number of aromatic nitrogens is 1. The van der Waals surface area contributed by atoms with E-state index in [0.717, 1.165) is 17.7 Å². The molecule has 3 rings (SSSR count). The van der Waals surface area contributed by atoms with Gasteiger partial charge < -0.3 is 11.1 Å². The fourth-order valence-electron chi connectivity index (χ4n) is 2.75. The molecule has 0 radical (unpaired) electrons. The van der Waals surface area contributed by atoms with E-state index >= 15 is 0 Å². The lowest BCUT2D eigenvalue weighted by molar-refractivity contribution is 0.596. The van der Waals surface area contributed by atoms with Crippen LogP contribution in [0.15, 0.2) is 60.9 Å². The summed E-state index contributed by atoms with van der Waals surface area (Å²) in [6.45, 7) is 0. The standard InChI is InChI=1S/C18H19N3/c1-20-18(11-14-12-21-10-9-17(14)19)16-8-4-6-13-5-2-3-7-15(13)16/h2-10,12,18,20H,11H2,1H3,(H2,19,21). The number of benzene rings is 2. The molecule has 0 saturated carbocycles. The summed E-state index contributed by atoms with van der Waals surface area (Å²) in [6.07, 6.45) is 4.40. The Bertz CT molecular complexity index is 747. The maximum atomic E-state index is 6.05. The minimum Gasteiger partial charge on any atom is -0.398 e. The molecule has 3 aromatic rings. The molecule has 3 nitrogen and oxygen atoms in total. The van der Waals surface area contributed by atoms with Crippen LogP contribution in [0.25, 0.3) is 10.8 Å². The van der Waals surface area contributed by atoms with Crippen LogP contribution in [0.2, 0.25) is 0 Å². The maximum absolute atomic E-state index is 6.05. The SMILES string of the molecule is CNC(Cc1cnccc1N)c1cccc2ccccc12. The summed E-state index contributed by atoms with van der Waals surface area (Å²) < 4.78 is 0. The van der Waals surface area contributed by atoms with Crippen LogP contribution < -0.4 is 11.1 Å². The van der Waals surface area contributed by atoms with Gasteiger partial charge >= 0.3 is 0 Å². The summed E-state index contributed by atoms with van der Waals surface area (Å²) >= 11 is 0. The van der Waals surface area contributed by atoms with Crippen LogP contribution in [0.3, 0.4) is 0 Å². The van der Waals surface area contributed by atoms with E-state index in [0.29, 0.717) is 0 Å². The lowest BCUT2D eigenvalue weighted by atomic mass is 9.94. The van der Waals surface area contributed by atoms with Crippen LogP contribution in [0.4, 0.5) is 5.69 Å². The van der Waals surface area contributed by atoms with Crippen molar-refractivity contribution in [3.05, 3.63) is 72.1 Å². The molecule has 0 spiro atoms. The minimum absolute atomic E-state index is 0.211. The Morgan fingerprint density at radius 1 is 1.10 bits per heavy atom. The third-order valence-electron chi connectivity index (χ3n) is 3.91. The van der Waals surface area contributed by atoms with Gasteiger partial charge in [0.25, 0.3) is 0 Å². The highest BCUT2D eigenvalue weighted by Crippen LogP contribution is 2.27. The molecule has 0 saturated heterocycles. The average Bonchev–Trinajstić information content (AvgIpc) is 2.54. The van der Waals surface area contributed by atoms with Gasteiger partial charge in [-0.2, -0.15) is 0 Å². The molecule has 0 amide bonds. The van der Waals surface area contributed by atoms with Gasteiger partial charge in [-0.15, -0.1) is 0 Å². The van der Waals surface area contributed by atoms with Crippen molar-refractivity contribution in [3.63, 3.8) is 0 Å². The number of hydrogen-bond donors (Lipinski definition) is 2. The van der Waals surface area contributed by atoms with Crippen LogP contribution >= 0.6 is 0 Å². The van der Waals surface area contributed by atoms with Gasteiger partial charge in [-0.25, -0.2) is 0 Å². The van der Waals surface area contributed by atoms with Crippen LogP contribution in [0.5, 0.6) is 0 Å². The second kappa shape index (κ2) is 5.94. The zero-order valence-electron chi connectivity index (χ0n) is 12.1. The number of anilines is 1. The fourth-order valence-corrected chi connectivity index (χ4v) is 2.75. The molecule has 21 heavy (non-hydrogen) atoms. The predicted octanol–water partition coefficient (Wildman–Crippen LogP) is 3.32. The van der Waals surface area contributed by atoms with E-state index in [1.54, 1.807) is 6.20 Å². The molecular weight excluding hydrogens is 258 g/mol. The van der Waals surface area contributed by atoms with E-state index < -0.39 is 0 Å². The summed E-state index contributed by atoms with van der Waals surface area (Å²) in [5.74, 6) is 0. The Balaban J connectivity index is 2.01. The van der Waals surface area contributed by atoms with Crippen molar-refractivity contribution in [2.75, 3.05) is 12.8 Å². The van der Waals surface area contributed by atoms with E-state index in [1.807, 2.05) is 19.3 Å². The molecule has 0 aliphatic heterocycles. The largest absolute Gasteiger partial charge is 0.398 e.